The monoisotopic (exact) mass is 224 g/mol. The van der Waals surface area contributed by atoms with Crippen LogP contribution in [0, 0.1) is 0 Å². The van der Waals surface area contributed by atoms with Crippen molar-refractivity contribution in [1.29, 1.82) is 0 Å². The van der Waals surface area contributed by atoms with Crippen molar-refractivity contribution < 1.29 is 9.90 Å². The molecule has 0 fully saturated rings. The number of benzene rings is 1. The van der Waals surface area contributed by atoms with E-state index in [2.05, 4.69) is 9.97 Å². The highest BCUT2D eigenvalue weighted by molar-refractivity contribution is 6.28. The van der Waals surface area contributed by atoms with E-state index in [1.54, 1.807) is 0 Å². The minimum atomic E-state index is -1.14. The van der Waals surface area contributed by atoms with E-state index in [-0.39, 0.29) is 21.7 Å². The molecule has 0 aliphatic rings. The molecule has 2 N–H and O–H groups in total. The summed E-state index contributed by atoms with van der Waals surface area (Å²) in [5.41, 5.74) is -0.396. The molecule has 5 nitrogen and oxygen atoms in total. The fraction of sp³-hybridized carbons (Fsp3) is 0. The summed E-state index contributed by atoms with van der Waals surface area (Å²) in [6.07, 6.45) is 0. The summed E-state index contributed by atoms with van der Waals surface area (Å²) in [6, 6.07) is 4.34. The molecular formula is C9H5ClN2O3. The van der Waals surface area contributed by atoms with Gasteiger partial charge >= 0.3 is 5.97 Å². The number of carboxylic acids is 1. The van der Waals surface area contributed by atoms with Crippen LogP contribution in [0.3, 0.4) is 0 Å². The maximum Gasteiger partial charge on any atom is 0.337 e. The van der Waals surface area contributed by atoms with Crippen molar-refractivity contribution in [2.75, 3.05) is 0 Å². The lowest BCUT2D eigenvalue weighted by atomic mass is 10.1. The number of nitrogens with one attached hydrogen (secondary N) is 1. The predicted octanol–water partition coefficient (Wildman–Crippen LogP) is 1.27. The van der Waals surface area contributed by atoms with Crippen molar-refractivity contribution in [3.8, 4) is 0 Å². The number of hydrogen-bond acceptors (Lipinski definition) is 3. The number of fused-ring (bicyclic) bond motifs is 1. The second-order valence-electron chi connectivity index (χ2n) is 2.86. The molecule has 0 amide bonds. The predicted molar refractivity (Wildman–Crippen MR) is 54.3 cm³/mol. The van der Waals surface area contributed by atoms with Gasteiger partial charge in [0.25, 0.3) is 5.56 Å². The normalized spacial score (nSPS) is 10.5. The molecule has 1 aromatic carbocycles. The van der Waals surface area contributed by atoms with Crippen molar-refractivity contribution in [1.82, 2.24) is 9.97 Å². The molecule has 1 heterocycles. The Bertz CT molecular complexity index is 606. The Labute approximate surface area is 88.3 Å². The Morgan fingerprint density at radius 1 is 1.47 bits per heavy atom. The molecule has 1 aromatic heterocycles. The number of halogens is 1. The summed E-state index contributed by atoms with van der Waals surface area (Å²) in [6.45, 7) is 0. The number of carbonyl (C=O) groups is 1. The molecule has 2 rings (SSSR count). The number of para-hydroxylation sites is 1. The quantitative estimate of drug-likeness (QED) is 0.715. The number of aromatic amines is 1. The van der Waals surface area contributed by atoms with Gasteiger partial charge in [0.2, 0.25) is 5.28 Å². The Kier molecular flexibility index (Phi) is 2.17. The van der Waals surface area contributed by atoms with Crippen LogP contribution in [0.2, 0.25) is 5.28 Å². The summed E-state index contributed by atoms with van der Waals surface area (Å²) in [5.74, 6) is -1.14. The Morgan fingerprint density at radius 2 is 2.20 bits per heavy atom. The van der Waals surface area contributed by atoms with Gasteiger partial charge in [-0.2, -0.15) is 0 Å². The summed E-state index contributed by atoms with van der Waals surface area (Å²) < 4.78 is 0. The van der Waals surface area contributed by atoms with E-state index >= 15 is 0 Å². The fourth-order valence-corrected chi connectivity index (χ4v) is 1.48. The van der Waals surface area contributed by atoms with Crippen LogP contribution in [-0.2, 0) is 0 Å². The second kappa shape index (κ2) is 3.36. The van der Waals surface area contributed by atoms with Crippen LogP contribution in [0.4, 0.5) is 0 Å². The van der Waals surface area contributed by atoms with Crippen LogP contribution in [0.1, 0.15) is 10.4 Å². The van der Waals surface area contributed by atoms with E-state index in [4.69, 9.17) is 16.7 Å². The summed E-state index contributed by atoms with van der Waals surface area (Å²) >= 11 is 5.54. The van der Waals surface area contributed by atoms with E-state index in [0.717, 1.165) is 0 Å². The molecule has 15 heavy (non-hydrogen) atoms. The smallest absolute Gasteiger partial charge is 0.337 e. The largest absolute Gasteiger partial charge is 0.478 e. The summed E-state index contributed by atoms with van der Waals surface area (Å²) in [4.78, 5) is 28.3. The maximum atomic E-state index is 11.4. The van der Waals surface area contributed by atoms with Crippen molar-refractivity contribution in [2.45, 2.75) is 0 Å². The molecule has 0 saturated carbocycles. The van der Waals surface area contributed by atoms with Crippen LogP contribution >= 0.6 is 11.6 Å². The third-order valence-corrected chi connectivity index (χ3v) is 2.12. The lowest BCUT2D eigenvalue weighted by Gasteiger charge is -2.00. The Morgan fingerprint density at radius 3 is 2.87 bits per heavy atom. The third kappa shape index (κ3) is 1.57. The molecule has 0 radical (unpaired) electrons. The zero-order valence-electron chi connectivity index (χ0n) is 7.32. The Hall–Kier alpha value is -1.88. The first kappa shape index (κ1) is 9.67. The van der Waals surface area contributed by atoms with Crippen molar-refractivity contribution >= 4 is 28.5 Å². The molecule has 0 saturated heterocycles. The number of carboxylic acid groups (broad SMARTS) is 1. The Balaban J connectivity index is 2.97. The summed E-state index contributed by atoms with van der Waals surface area (Å²) in [5, 5.41) is 8.95. The summed E-state index contributed by atoms with van der Waals surface area (Å²) in [7, 11) is 0. The number of aromatic nitrogens is 2. The van der Waals surface area contributed by atoms with Gasteiger partial charge in [-0.05, 0) is 23.7 Å². The number of H-pyrrole nitrogens is 1. The van der Waals surface area contributed by atoms with Gasteiger partial charge in [-0.3, -0.25) is 9.78 Å². The molecule has 0 atom stereocenters. The van der Waals surface area contributed by atoms with Gasteiger partial charge in [0.05, 0.1) is 16.5 Å². The SMILES string of the molecule is O=C(O)c1cccc2c(=O)[nH]c(Cl)nc12. The molecular weight excluding hydrogens is 220 g/mol. The average molecular weight is 225 g/mol. The first-order valence-corrected chi connectivity index (χ1v) is 4.39. The molecule has 2 aromatic rings. The lowest BCUT2D eigenvalue weighted by molar-refractivity contribution is 0.0699. The van der Waals surface area contributed by atoms with Crippen LogP contribution in [0.25, 0.3) is 10.9 Å². The molecule has 0 unspecified atom stereocenters. The van der Waals surface area contributed by atoms with Gasteiger partial charge in [0.15, 0.2) is 0 Å². The first-order chi connectivity index (χ1) is 7.09. The number of rotatable bonds is 1. The molecule has 76 valence electrons. The van der Waals surface area contributed by atoms with E-state index in [1.165, 1.54) is 18.2 Å². The van der Waals surface area contributed by atoms with Crippen LogP contribution in [0.5, 0.6) is 0 Å². The van der Waals surface area contributed by atoms with E-state index in [1.807, 2.05) is 0 Å². The highest BCUT2D eigenvalue weighted by Crippen LogP contribution is 2.14. The zero-order chi connectivity index (χ0) is 11.0. The number of hydrogen-bond donors (Lipinski definition) is 2. The molecule has 0 aliphatic carbocycles. The van der Waals surface area contributed by atoms with Gasteiger partial charge in [0.1, 0.15) is 0 Å². The van der Waals surface area contributed by atoms with Gasteiger partial charge in [-0.15, -0.1) is 0 Å². The minimum absolute atomic E-state index is 0.0412. The molecule has 0 spiro atoms. The van der Waals surface area contributed by atoms with E-state index in [0.29, 0.717) is 0 Å². The molecule has 0 aliphatic heterocycles. The highest BCUT2D eigenvalue weighted by Gasteiger charge is 2.11. The standard InChI is InChI=1S/C9H5ClN2O3/c10-9-11-6-4(7(13)12-9)2-1-3-5(6)8(14)15/h1-3H,(H,14,15)(H,11,12,13). The van der Waals surface area contributed by atoms with E-state index in [9.17, 15) is 9.59 Å². The number of aromatic carboxylic acids is 1. The fourth-order valence-electron chi connectivity index (χ4n) is 1.31. The number of nitrogens with zero attached hydrogens (tertiary/aromatic N) is 1. The van der Waals surface area contributed by atoms with Crippen molar-refractivity contribution in [2.24, 2.45) is 0 Å². The highest BCUT2D eigenvalue weighted by atomic mass is 35.5. The lowest BCUT2D eigenvalue weighted by Crippen LogP contribution is -2.10. The first-order valence-electron chi connectivity index (χ1n) is 4.01. The molecule has 6 heteroatoms. The van der Waals surface area contributed by atoms with E-state index < -0.39 is 11.5 Å². The minimum Gasteiger partial charge on any atom is -0.478 e. The van der Waals surface area contributed by atoms with Gasteiger partial charge in [-0.1, -0.05) is 6.07 Å². The van der Waals surface area contributed by atoms with Gasteiger partial charge in [-0.25, -0.2) is 9.78 Å². The average Bonchev–Trinajstić information content (AvgIpc) is 2.16. The van der Waals surface area contributed by atoms with Crippen LogP contribution in [0.15, 0.2) is 23.0 Å². The maximum absolute atomic E-state index is 11.4. The third-order valence-electron chi connectivity index (χ3n) is 1.94. The van der Waals surface area contributed by atoms with Crippen molar-refractivity contribution in [3.05, 3.63) is 39.4 Å². The topological polar surface area (TPSA) is 83.0 Å². The zero-order valence-corrected chi connectivity index (χ0v) is 8.08. The van der Waals surface area contributed by atoms with Crippen LogP contribution in [-0.4, -0.2) is 21.0 Å². The molecule has 0 bridgehead atoms. The van der Waals surface area contributed by atoms with Gasteiger partial charge < -0.3 is 5.11 Å². The van der Waals surface area contributed by atoms with Crippen molar-refractivity contribution in [3.63, 3.8) is 0 Å². The van der Waals surface area contributed by atoms with Gasteiger partial charge in [0, 0.05) is 0 Å². The second-order valence-corrected chi connectivity index (χ2v) is 3.22. The van der Waals surface area contributed by atoms with Crippen LogP contribution < -0.4 is 5.56 Å².